The largest absolute Gasteiger partial charge is 0.282 e. The van der Waals surface area contributed by atoms with E-state index in [0.717, 1.165) is 11.4 Å². The van der Waals surface area contributed by atoms with E-state index < -0.39 is 0 Å². The van der Waals surface area contributed by atoms with Crippen LogP contribution < -0.4 is 0 Å². The lowest BCUT2D eigenvalue weighted by Crippen LogP contribution is -1.97. The van der Waals surface area contributed by atoms with Gasteiger partial charge in [0.05, 0.1) is 10.0 Å². The van der Waals surface area contributed by atoms with Crippen molar-refractivity contribution in [1.82, 2.24) is 19.6 Å². The average Bonchev–Trinajstić information content (AvgIpc) is 2.79. The predicted octanol–water partition coefficient (Wildman–Crippen LogP) is 3.68. The van der Waals surface area contributed by atoms with Crippen molar-refractivity contribution in [2.75, 3.05) is 0 Å². The molecular weight excluding hydrogens is 307 g/mol. The SMILES string of the molecule is Clc1ccc(Cc2nnc3c(Cl)nccn23)cc1Cl. The van der Waals surface area contributed by atoms with E-state index in [1.165, 1.54) is 0 Å². The zero-order chi connectivity index (χ0) is 13.4. The van der Waals surface area contributed by atoms with Crippen molar-refractivity contribution in [2.24, 2.45) is 0 Å². The maximum Gasteiger partial charge on any atom is 0.198 e. The molecule has 96 valence electrons. The maximum atomic E-state index is 5.99. The van der Waals surface area contributed by atoms with Crippen LogP contribution in [0.4, 0.5) is 0 Å². The molecule has 2 aromatic heterocycles. The van der Waals surface area contributed by atoms with Gasteiger partial charge in [-0.15, -0.1) is 10.2 Å². The van der Waals surface area contributed by atoms with Crippen LogP contribution in [0.1, 0.15) is 11.4 Å². The maximum absolute atomic E-state index is 5.99. The molecule has 0 aliphatic rings. The van der Waals surface area contributed by atoms with Gasteiger partial charge in [0.25, 0.3) is 0 Å². The van der Waals surface area contributed by atoms with Crippen LogP contribution >= 0.6 is 34.8 Å². The highest BCUT2D eigenvalue weighted by Gasteiger charge is 2.10. The summed E-state index contributed by atoms with van der Waals surface area (Å²) in [6, 6.07) is 5.48. The van der Waals surface area contributed by atoms with Gasteiger partial charge in [0, 0.05) is 18.8 Å². The first-order chi connectivity index (χ1) is 9.15. The Hall–Kier alpha value is -1.36. The lowest BCUT2D eigenvalue weighted by atomic mass is 10.1. The van der Waals surface area contributed by atoms with E-state index in [1.54, 1.807) is 22.9 Å². The van der Waals surface area contributed by atoms with Crippen LogP contribution in [0.2, 0.25) is 15.2 Å². The molecule has 3 aromatic rings. The molecule has 0 spiro atoms. The van der Waals surface area contributed by atoms with Crippen LogP contribution in [-0.4, -0.2) is 19.6 Å². The Balaban J connectivity index is 2.01. The fourth-order valence-electron chi connectivity index (χ4n) is 1.80. The Morgan fingerprint density at radius 2 is 1.89 bits per heavy atom. The number of aromatic nitrogens is 4. The van der Waals surface area contributed by atoms with Gasteiger partial charge >= 0.3 is 0 Å². The van der Waals surface area contributed by atoms with Crippen molar-refractivity contribution < 1.29 is 0 Å². The van der Waals surface area contributed by atoms with Crippen molar-refractivity contribution in [3.63, 3.8) is 0 Å². The number of hydrogen-bond acceptors (Lipinski definition) is 3. The van der Waals surface area contributed by atoms with Crippen LogP contribution in [0.25, 0.3) is 5.65 Å². The molecule has 7 heteroatoms. The zero-order valence-electron chi connectivity index (χ0n) is 9.52. The van der Waals surface area contributed by atoms with Crippen LogP contribution in [0.15, 0.2) is 30.6 Å². The third kappa shape index (κ3) is 2.39. The molecule has 3 rings (SSSR count). The number of nitrogens with zero attached hydrogens (tertiary/aromatic N) is 4. The van der Waals surface area contributed by atoms with E-state index >= 15 is 0 Å². The van der Waals surface area contributed by atoms with E-state index in [9.17, 15) is 0 Å². The first kappa shape index (κ1) is 12.7. The van der Waals surface area contributed by atoms with Crippen LogP contribution in [-0.2, 0) is 6.42 Å². The minimum atomic E-state index is 0.329. The smallest absolute Gasteiger partial charge is 0.198 e. The van der Waals surface area contributed by atoms with Crippen molar-refractivity contribution in [3.05, 3.63) is 57.2 Å². The first-order valence-electron chi connectivity index (χ1n) is 5.43. The molecular formula is C12H7Cl3N4. The average molecular weight is 314 g/mol. The first-order valence-corrected chi connectivity index (χ1v) is 6.56. The predicted molar refractivity (Wildman–Crippen MR) is 75.1 cm³/mol. The Morgan fingerprint density at radius 3 is 2.68 bits per heavy atom. The van der Waals surface area contributed by atoms with Gasteiger partial charge in [0.1, 0.15) is 5.82 Å². The lowest BCUT2D eigenvalue weighted by Gasteiger charge is -2.02. The van der Waals surface area contributed by atoms with Crippen molar-refractivity contribution in [2.45, 2.75) is 6.42 Å². The minimum Gasteiger partial charge on any atom is -0.282 e. The molecule has 0 fully saturated rings. The summed E-state index contributed by atoms with van der Waals surface area (Å²) in [4.78, 5) is 3.96. The second kappa shape index (κ2) is 4.96. The second-order valence-electron chi connectivity index (χ2n) is 3.95. The molecule has 19 heavy (non-hydrogen) atoms. The zero-order valence-corrected chi connectivity index (χ0v) is 11.8. The molecule has 0 saturated heterocycles. The normalized spacial score (nSPS) is 11.1. The highest BCUT2D eigenvalue weighted by atomic mass is 35.5. The summed E-state index contributed by atoms with van der Waals surface area (Å²) in [5.74, 6) is 0.762. The van der Waals surface area contributed by atoms with Gasteiger partial charge < -0.3 is 0 Å². The summed E-state index contributed by atoms with van der Waals surface area (Å²) in [5, 5.41) is 9.51. The van der Waals surface area contributed by atoms with Gasteiger partial charge in [-0.2, -0.15) is 0 Å². The summed E-state index contributed by atoms with van der Waals surface area (Å²) in [6.07, 6.45) is 3.96. The summed E-state index contributed by atoms with van der Waals surface area (Å²) in [6.45, 7) is 0. The molecule has 0 N–H and O–H groups in total. The molecule has 0 aliphatic carbocycles. The van der Waals surface area contributed by atoms with Crippen LogP contribution in [0.3, 0.4) is 0 Å². The minimum absolute atomic E-state index is 0.329. The molecule has 1 aromatic carbocycles. The van der Waals surface area contributed by atoms with E-state index in [-0.39, 0.29) is 0 Å². The molecule has 4 nitrogen and oxygen atoms in total. The summed E-state index contributed by atoms with van der Waals surface area (Å²) < 4.78 is 1.80. The van der Waals surface area contributed by atoms with Gasteiger partial charge in [-0.1, -0.05) is 40.9 Å². The van der Waals surface area contributed by atoms with Gasteiger partial charge in [0.2, 0.25) is 0 Å². The van der Waals surface area contributed by atoms with Gasteiger partial charge in [-0.05, 0) is 17.7 Å². The Labute approximate surface area is 124 Å². The van der Waals surface area contributed by atoms with E-state index in [1.807, 2.05) is 12.1 Å². The quantitative estimate of drug-likeness (QED) is 0.725. The highest BCUT2D eigenvalue weighted by molar-refractivity contribution is 6.42. The molecule has 0 aliphatic heterocycles. The lowest BCUT2D eigenvalue weighted by molar-refractivity contribution is 0.931. The van der Waals surface area contributed by atoms with Crippen molar-refractivity contribution in [1.29, 1.82) is 0 Å². The molecule has 0 unspecified atom stereocenters. The topological polar surface area (TPSA) is 43.1 Å². The summed E-state index contributed by atoms with van der Waals surface area (Å²) >= 11 is 17.8. The third-order valence-electron chi connectivity index (χ3n) is 2.70. The van der Waals surface area contributed by atoms with Gasteiger partial charge in [-0.25, -0.2) is 4.98 Å². The molecule has 0 bridgehead atoms. The number of halogens is 3. The molecule has 0 radical (unpaired) electrons. The number of rotatable bonds is 2. The number of fused-ring (bicyclic) bond motifs is 1. The van der Waals surface area contributed by atoms with Crippen molar-refractivity contribution in [3.8, 4) is 0 Å². The highest BCUT2D eigenvalue weighted by Crippen LogP contribution is 2.24. The summed E-state index contributed by atoms with van der Waals surface area (Å²) in [5.41, 5.74) is 1.54. The molecule has 0 saturated carbocycles. The van der Waals surface area contributed by atoms with Gasteiger partial charge in [0.15, 0.2) is 10.8 Å². The van der Waals surface area contributed by atoms with E-state index in [2.05, 4.69) is 15.2 Å². The number of benzene rings is 1. The Morgan fingerprint density at radius 1 is 1.05 bits per heavy atom. The third-order valence-corrected chi connectivity index (χ3v) is 3.71. The summed E-state index contributed by atoms with van der Waals surface area (Å²) in [7, 11) is 0. The molecule has 0 atom stereocenters. The van der Waals surface area contributed by atoms with E-state index in [0.29, 0.717) is 27.3 Å². The Bertz CT molecular complexity index is 754. The Kier molecular flexibility index (Phi) is 3.31. The molecule has 0 amide bonds. The number of hydrogen-bond donors (Lipinski definition) is 0. The standard InChI is InChI=1S/C12H7Cl3N4/c13-8-2-1-7(5-9(8)14)6-10-17-18-12-11(15)16-3-4-19(10)12/h1-5H,6H2. The van der Waals surface area contributed by atoms with Gasteiger partial charge in [-0.3, -0.25) is 4.40 Å². The van der Waals surface area contributed by atoms with Crippen LogP contribution in [0, 0.1) is 0 Å². The van der Waals surface area contributed by atoms with Crippen molar-refractivity contribution >= 4 is 40.4 Å². The van der Waals surface area contributed by atoms with Crippen LogP contribution in [0.5, 0.6) is 0 Å². The fraction of sp³-hybridized carbons (Fsp3) is 0.0833. The van der Waals surface area contributed by atoms with E-state index in [4.69, 9.17) is 34.8 Å². The monoisotopic (exact) mass is 312 g/mol. The fourth-order valence-corrected chi connectivity index (χ4v) is 2.30. The second-order valence-corrected chi connectivity index (χ2v) is 5.13. The molecule has 2 heterocycles.